The third-order valence-corrected chi connectivity index (χ3v) is 7.20. The summed E-state index contributed by atoms with van der Waals surface area (Å²) in [7, 11) is -2.47. The summed E-state index contributed by atoms with van der Waals surface area (Å²) < 4.78 is 17.9. The molecule has 0 aromatic rings. The topological polar surface area (TPSA) is 27.7 Å². The van der Waals surface area contributed by atoms with E-state index in [-0.39, 0.29) is 0 Å². The molecule has 0 N–H and O–H groups in total. The van der Waals surface area contributed by atoms with Crippen molar-refractivity contribution in [1.82, 2.24) is 0 Å². The van der Waals surface area contributed by atoms with Gasteiger partial charge in [-0.3, -0.25) is 0 Å². The molecule has 0 rings (SSSR count). The van der Waals surface area contributed by atoms with Crippen LogP contribution in [0, 0.1) is 0 Å². The smallest absolute Gasteiger partial charge is 0.374 e. The second kappa shape index (κ2) is 12.8. The van der Waals surface area contributed by atoms with E-state index in [2.05, 4.69) is 13.8 Å². The van der Waals surface area contributed by atoms with E-state index in [0.29, 0.717) is 25.4 Å². The predicted molar refractivity (Wildman–Crippen MR) is 88.0 cm³/mol. The highest BCUT2D eigenvalue weighted by Crippen LogP contribution is 2.30. The van der Waals surface area contributed by atoms with Gasteiger partial charge >= 0.3 is 8.80 Å². The highest BCUT2D eigenvalue weighted by molar-refractivity contribution is 6.62. The lowest BCUT2D eigenvalue weighted by Crippen LogP contribution is -2.49. The first-order valence-electron chi connectivity index (χ1n) is 8.58. The van der Waals surface area contributed by atoms with E-state index in [1.165, 1.54) is 38.5 Å². The van der Waals surface area contributed by atoms with Gasteiger partial charge in [0, 0.05) is 25.4 Å². The Morgan fingerprint density at radius 3 is 1.60 bits per heavy atom. The third kappa shape index (κ3) is 7.77. The third-order valence-electron chi connectivity index (χ3n) is 3.63. The number of rotatable bonds is 14. The largest absolute Gasteiger partial charge is 0.503 e. The lowest BCUT2D eigenvalue weighted by atomic mass is 10.1. The van der Waals surface area contributed by atoms with Crippen molar-refractivity contribution in [2.75, 3.05) is 19.8 Å². The maximum absolute atomic E-state index is 5.96. The van der Waals surface area contributed by atoms with E-state index in [4.69, 9.17) is 13.3 Å². The molecular weight excluding hydrogens is 268 g/mol. The van der Waals surface area contributed by atoms with Gasteiger partial charge in [0.25, 0.3) is 0 Å². The van der Waals surface area contributed by atoms with Crippen molar-refractivity contribution in [2.24, 2.45) is 0 Å². The Labute approximate surface area is 127 Å². The van der Waals surface area contributed by atoms with Gasteiger partial charge in [0.2, 0.25) is 0 Å². The molecule has 0 aromatic carbocycles. The van der Waals surface area contributed by atoms with E-state index in [1.807, 2.05) is 20.8 Å². The van der Waals surface area contributed by atoms with Crippen LogP contribution in [0.2, 0.25) is 5.54 Å². The van der Waals surface area contributed by atoms with Crippen LogP contribution in [0.3, 0.4) is 0 Å². The van der Waals surface area contributed by atoms with Crippen molar-refractivity contribution in [3.63, 3.8) is 0 Å². The fourth-order valence-corrected chi connectivity index (χ4v) is 5.43. The van der Waals surface area contributed by atoms with Gasteiger partial charge in [0.15, 0.2) is 0 Å². The Balaban J connectivity index is 4.20. The molecule has 0 amide bonds. The molecule has 0 aromatic heterocycles. The number of hydrogen-bond donors (Lipinski definition) is 0. The minimum Gasteiger partial charge on any atom is -0.374 e. The molecule has 1 atom stereocenters. The van der Waals surface area contributed by atoms with Crippen LogP contribution < -0.4 is 0 Å². The van der Waals surface area contributed by atoms with Gasteiger partial charge in [-0.15, -0.1) is 0 Å². The van der Waals surface area contributed by atoms with Crippen LogP contribution in [0.1, 0.15) is 79.6 Å². The van der Waals surface area contributed by atoms with E-state index in [9.17, 15) is 0 Å². The Hall–Kier alpha value is 0.0969. The van der Waals surface area contributed by atoms with Crippen molar-refractivity contribution in [3.8, 4) is 0 Å². The Bertz CT molecular complexity index is 195. The van der Waals surface area contributed by atoms with Crippen LogP contribution in [0.15, 0.2) is 0 Å². The van der Waals surface area contributed by atoms with E-state index in [1.54, 1.807) is 0 Å². The summed E-state index contributed by atoms with van der Waals surface area (Å²) >= 11 is 0. The van der Waals surface area contributed by atoms with E-state index < -0.39 is 8.80 Å². The van der Waals surface area contributed by atoms with Crippen LogP contribution in [-0.2, 0) is 13.3 Å². The number of unbranched alkanes of at least 4 members (excludes halogenated alkanes) is 5. The molecule has 3 nitrogen and oxygen atoms in total. The van der Waals surface area contributed by atoms with Crippen LogP contribution in [0.25, 0.3) is 0 Å². The summed E-state index contributed by atoms with van der Waals surface area (Å²) in [4.78, 5) is 0. The standard InChI is InChI=1S/C16H36O3Si/c1-6-10-11-12-13-14-15-16(5)20(17-7-2,18-8-3)19-9-4/h16H,6-15H2,1-5H3. The summed E-state index contributed by atoms with van der Waals surface area (Å²) in [5, 5.41) is 0. The van der Waals surface area contributed by atoms with Crippen LogP contribution in [0.4, 0.5) is 0 Å². The van der Waals surface area contributed by atoms with Gasteiger partial charge in [-0.25, -0.2) is 0 Å². The second-order valence-electron chi connectivity index (χ2n) is 5.36. The Kier molecular flexibility index (Phi) is 12.9. The minimum atomic E-state index is -2.47. The molecule has 0 aliphatic heterocycles. The second-order valence-corrected chi connectivity index (χ2v) is 8.42. The maximum atomic E-state index is 5.96. The SMILES string of the molecule is CCCCCCCCC(C)[Si](OCC)(OCC)OCC. The van der Waals surface area contributed by atoms with Gasteiger partial charge in [0.05, 0.1) is 0 Å². The van der Waals surface area contributed by atoms with Crippen LogP contribution in [-0.4, -0.2) is 28.6 Å². The molecule has 20 heavy (non-hydrogen) atoms. The molecule has 1 unspecified atom stereocenters. The normalized spacial score (nSPS) is 13.7. The summed E-state index contributed by atoms with van der Waals surface area (Å²) in [6, 6.07) is 0. The van der Waals surface area contributed by atoms with Crippen LogP contribution >= 0.6 is 0 Å². The first-order valence-corrected chi connectivity index (χ1v) is 10.4. The molecule has 0 spiro atoms. The highest BCUT2D eigenvalue weighted by Gasteiger charge is 2.46. The Morgan fingerprint density at radius 2 is 1.15 bits per heavy atom. The lowest BCUT2D eigenvalue weighted by molar-refractivity contribution is 0.0612. The zero-order chi connectivity index (χ0) is 15.3. The van der Waals surface area contributed by atoms with Gasteiger partial charge in [-0.2, -0.15) is 0 Å². The van der Waals surface area contributed by atoms with Gasteiger partial charge in [-0.05, 0) is 27.2 Å². The molecule has 0 bridgehead atoms. The van der Waals surface area contributed by atoms with Gasteiger partial charge in [-0.1, -0.05) is 52.4 Å². The summed E-state index contributed by atoms with van der Waals surface area (Å²) in [5.41, 5.74) is 0.397. The van der Waals surface area contributed by atoms with Crippen molar-refractivity contribution in [2.45, 2.75) is 85.1 Å². The molecule has 122 valence electrons. The summed E-state index contributed by atoms with van der Waals surface area (Å²) in [6.45, 7) is 12.6. The first-order chi connectivity index (χ1) is 9.66. The van der Waals surface area contributed by atoms with Gasteiger partial charge < -0.3 is 13.3 Å². The zero-order valence-corrected chi connectivity index (χ0v) is 15.4. The fraction of sp³-hybridized carbons (Fsp3) is 1.00. The molecule has 0 aliphatic carbocycles. The molecule has 0 heterocycles. The highest BCUT2D eigenvalue weighted by atomic mass is 28.4. The average molecular weight is 305 g/mol. The Morgan fingerprint density at radius 1 is 0.700 bits per heavy atom. The zero-order valence-electron chi connectivity index (χ0n) is 14.4. The molecule has 0 saturated heterocycles. The lowest BCUT2D eigenvalue weighted by Gasteiger charge is -2.33. The molecule has 4 heteroatoms. The molecule has 0 radical (unpaired) electrons. The van der Waals surface area contributed by atoms with Crippen molar-refractivity contribution in [1.29, 1.82) is 0 Å². The summed E-state index contributed by atoms with van der Waals surface area (Å²) in [6.07, 6.45) is 9.13. The number of hydrogen-bond acceptors (Lipinski definition) is 3. The average Bonchev–Trinajstić information content (AvgIpc) is 2.43. The quantitative estimate of drug-likeness (QED) is 0.327. The predicted octanol–water partition coefficient (Wildman–Crippen LogP) is 5.18. The van der Waals surface area contributed by atoms with Crippen LogP contribution in [0.5, 0.6) is 0 Å². The molecular formula is C16H36O3Si. The molecule has 0 saturated carbocycles. The molecule has 0 aliphatic rings. The monoisotopic (exact) mass is 304 g/mol. The van der Waals surface area contributed by atoms with Crippen molar-refractivity contribution in [3.05, 3.63) is 0 Å². The van der Waals surface area contributed by atoms with Crippen molar-refractivity contribution >= 4 is 8.80 Å². The molecule has 0 fully saturated rings. The fourth-order valence-electron chi connectivity index (χ4n) is 2.56. The van der Waals surface area contributed by atoms with Crippen molar-refractivity contribution < 1.29 is 13.3 Å². The van der Waals surface area contributed by atoms with E-state index in [0.717, 1.165) is 6.42 Å². The van der Waals surface area contributed by atoms with Gasteiger partial charge in [0.1, 0.15) is 0 Å². The summed E-state index contributed by atoms with van der Waals surface area (Å²) in [5.74, 6) is 0. The first kappa shape index (κ1) is 20.1. The minimum absolute atomic E-state index is 0.397. The van der Waals surface area contributed by atoms with E-state index >= 15 is 0 Å². The maximum Gasteiger partial charge on any atom is 0.503 e.